The Morgan fingerprint density at radius 3 is 2.50 bits per heavy atom. The predicted octanol–water partition coefficient (Wildman–Crippen LogP) is 0.839. The van der Waals surface area contributed by atoms with E-state index >= 15 is 0 Å². The third-order valence-electron chi connectivity index (χ3n) is 0.719. The fraction of sp³-hybridized carbons (Fsp3) is 0.167. The Morgan fingerprint density at radius 1 is 1.60 bits per heavy atom. The van der Waals surface area contributed by atoms with Crippen LogP contribution in [0.2, 0.25) is 0 Å². The lowest BCUT2D eigenvalue weighted by molar-refractivity contribution is -0.135. The molecule has 0 rings (SSSR count). The lowest BCUT2D eigenvalue weighted by Crippen LogP contribution is -2.02. The van der Waals surface area contributed by atoms with Gasteiger partial charge in [0.15, 0.2) is 0 Å². The Kier molecular flexibility index (Phi) is 4.63. The summed E-state index contributed by atoms with van der Waals surface area (Å²) in [6.07, 6.45) is 1.24. The molecule has 0 aromatic rings. The third-order valence-corrected chi connectivity index (χ3v) is 1.06. The SMILES string of the molecule is COC(=O)C(=C=S)C=C=S. The fourth-order valence-electron chi connectivity index (χ4n) is 0.299. The molecule has 0 atom stereocenters. The minimum absolute atomic E-state index is 0.118. The molecule has 0 aliphatic carbocycles. The van der Waals surface area contributed by atoms with E-state index in [1.165, 1.54) is 13.2 Å². The van der Waals surface area contributed by atoms with Gasteiger partial charge in [0.2, 0.25) is 0 Å². The molecule has 0 bridgehead atoms. The number of rotatable bonds is 2. The van der Waals surface area contributed by atoms with Crippen LogP contribution in [0.3, 0.4) is 0 Å². The van der Waals surface area contributed by atoms with Gasteiger partial charge in [0.25, 0.3) is 0 Å². The standard InChI is InChI=1S/C6H4O2S2/c1-8-6(7)5(4-10)2-3-9/h2H,1H3. The van der Waals surface area contributed by atoms with E-state index < -0.39 is 5.97 Å². The summed E-state index contributed by atoms with van der Waals surface area (Å²) in [4.78, 5) is 10.6. The first-order valence-corrected chi connectivity index (χ1v) is 3.12. The average Bonchev–Trinajstić information content (AvgIpc) is 1.99. The van der Waals surface area contributed by atoms with Gasteiger partial charge in [-0.25, -0.2) is 4.79 Å². The molecule has 0 fully saturated rings. The minimum Gasteiger partial charge on any atom is -0.465 e. The van der Waals surface area contributed by atoms with Crippen LogP contribution in [0.25, 0.3) is 0 Å². The second kappa shape index (κ2) is 5.03. The van der Waals surface area contributed by atoms with Crippen molar-refractivity contribution in [2.24, 2.45) is 0 Å². The van der Waals surface area contributed by atoms with Gasteiger partial charge >= 0.3 is 5.97 Å². The Labute approximate surface area is 69.2 Å². The first kappa shape index (κ1) is 9.21. The van der Waals surface area contributed by atoms with E-state index in [-0.39, 0.29) is 5.57 Å². The molecule has 0 unspecified atom stereocenters. The molecule has 0 aliphatic rings. The number of methoxy groups -OCH3 is 1. The fourth-order valence-corrected chi connectivity index (χ4v) is 0.559. The molecule has 0 N–H and O–H groups in total. The number of carbonyl (C=O) groups excluding carboxylic acids is 1. The van der Waals surface area contributed by atoms with Gasteiger partial charge in [-0.15, -0.1) is 0 Å². The van der Waals surface area contributed by atoms with Gasteiger partial charge in [-0.3, -0.25) is 0 Å². The number of thiocarbonyl (C=S) groups is 2. The summed E-state index contributed by atoms with van der Waals surface area (Å²) < 4.78 is 4.33. The van der Waals surface area contributed by atoms with E-state index in [2.05, 4.69) is 39.2 Å². The topological polar surface area (TPSA) is 26.3 Å². The van der Waals surface area contributed by atoms with Crippen LogP contribution in [0.15, 0.2) is 11.6 Å². The second-order valence-corrected chi connectivity index (χ2v) is 1.71. The number of carbonyl (C=O) groups is 1. The Morgan fingerprint density at radius 2 is 2.20 bits per heavy atom. The smallest absolute Gasteiger partial charge is 0.347 e. The largest absolute Gasteiger partial charge is 0.465 e. The number of ether oxygens (including phenoxy) is 1. The molecule has 0 heterocycles. The molecular formula is C6H4O2S2. The van der Waals surface area contributed by atoms with Crippen LogP contribution in [0.4, 0.5) is 0 Å². The van der Waals surface area contributed by atoms with Crippen molar-refractivity contribution in [1.29, 1.82) is 0 Å². The average molecular weight is 172 g/mol. The zero-order valence-electron chi connectivity index (χ0n) is 5.21. The maximum Gasteiger partial charge on any atom is 0.347 e. The van der Waals surface area contributed by atoms with Crippen molar-refractivity contribution in [3.63, 3.8) is 0 Å². The van der Waals surface area contributed by atoms with E-state index in [4.69, 9.17) is 0 Å². The molecule has 0 amide bonds. The third kappa shape index (κ3) is 2.67. The van der Waals surface area contributed by atoms with Crippen LogP contribution in [0.1, 0.15) is 0 Å². The molecule has 0 spiro atoms. The Bertz CT molecular complexity index is 232. The number of esters is 1. The van der Waals surface area contributed by atoms with Crippen LogP contribution in [-0.2, 0) is 9.53 Å². The van der Waals surface area contributed by atoms with E-state index in [0.717, 1.165) is 0 Å². The highest BCUT2D eigenvalue weighted by Crippen LogP contribution is 1.91. The molecule has 10 heavy (non-hydrogen) atoms. The van der Waals surface area contributed by atoms with Crippen LogP contribution in [-0.4, -0.2) is 23.1 Å². The van der Waals surface area contributed by atoms with Gasteiger partial charge < -0.3 is 4.74 Å². The molecule has 0 saturated heterocycles. The Balaban J connectivity index is 4.54. The highest BCUT2D eigenvalue weighted by Gasteiger charge is 2.03. The lowest BCUT2D eigenvalue weighted by atomic mass is 10.3. The van der Waals surface area contributed by atoms with Crippen molar-refractivity contribution in [1.82, 2.24) is 0 Å². The van der Waals surface area contributed by atoms with Gasteiger partial charge in [0.1, 0.15) is 5.57 Å². The summed E-state index contributed by atoms with van der Waals surface area (Å²) in [7, 11) is 1.26. The molecule has 0 aromatic heterocycles. The maximum atomic E-state index is 10.6. The molecule has 0 aliphatic heterocycles. The summed E-state index contributed by atoms with van der Waals surface area (Å²) >= 11 is 8.72. The number of hydrogen-bond acceptors (Lipinski definition) is 4. The predicted molar refractivity (Wildman–Crippen MR) is 45.3 cm³/mol. The lowest BCUT2D eigenvalue weighted by Gasteiger charge is -1.91. The van der Waals surface area contributed by atoms with Crippen molar-refractivity contribution in [2.75, 3.05) is 7.11 Å². The van der Waals surface area contributed by atoms with Gasteiger partial charge in [-0.2, -0.15) is 0 Å². The van der Waals surface area contributed by atoms with Crippen molar-refractivity contribution in [3.05, 3.63) is 11.6 Å². The van der Waals surface area contributed by atoms with Crippen molar-refractivity contribution >= 4 is 40.5 Å². The normalized spacial score (nSPS) is 6.90. The molecule has 2 nitrogen and oxygen atoms in total. The van der Waals surface area contributed by atoms with E-state index in [0.29, 0.717) is 0 Å². The highest BCUT2D eigenvalue weighted by molar-refractivity contribution is 7.78. The maximum absolute atomic E-state index is 10.6. The summed E-state index contributed by atoms with van der Waals surface area (Å²) in [6, 6.07) is 0. The van der Waals surface area contributed by atoms with E-state index in [9.17, 15) is 4.79 Å². The van der Waals surface area contributed by atoms with Crippen molar-refractivity contribution in [3.8, 4) is 0 Å². The molecule has 0 saturated carbocycles. The van der Waals surface area contributed by atoms with Gasteiger partial charge in [0.05, 0.1) is 7.11 Å². The molecule has 4 heteroatoms. The van der Waals surface area contributed by atoms with Crippen molar-refractivity contribution in [2.45, 2.75) is 0 Å². The van der Waals surface area contributed by atoms with Crippen LogP contribution >= 0.6 is 24.4 Å². The summed E-state index contributed by atoms with van der Waals surface area (Å²) in [6.45, 7) is 0. The number of hydrogen-bond donors (Lipinski definition) is 0. The first-order chi connectivity index (χ1) is 4.76. The van der Waals surface area contributed by atoms with Crippen LogP contribution in [0, 0.1) is 0 Å². The van der Waals surface area contributed by atoms with E-state index in [1.54, 1.807) is 0 Å². The second-order valence-electron chi connectivity index (χ2n) is 1.27. The molecular weight excluding hydrogens is 168 g/mol. The monoisotopic (exact) mass is 172 g/mol. The minimum atomic E-state index is -0.549. The summed E-state index contributed by atoms with van der Waals surface area (Å²) in [5.41, 5.74) is 0.118. The van der Waals surface area contributed by atoms with Gasteiger partial charge in [-0.1, -0.05) is 0 Å². The highest BCUT2D eigenvalue weighted by atomic mass is 32.1. The molecule has 0 aromatic carbocycles. The van der Waals surface area contributed by atoms with Crippen LogP contribution < -0.4 is 0 Å². The molecule has 52 valence electrons. The van der Waals surface area contributed by atoms with Crippen molar-refractivity contribution < 1.29 is 9.53 Å². The van der Waals surface area contributed by atoms with Crippen LogP contribution in [0.5, 0.6) is 0 Å². The summed E-state index contributed by atoms with van der Waals surface area (Å²) in [5, 5.41) is 4.42. The zero-order valence-corrected chi connectivity index (χ0v) is 6.84. The molecule has 0 radical (unpaired) electrons. The Hall–Kier alpha value is -0.790. The first-order valence-electron chi connectivity index (χ1n) is 2.30. The quantitative estimate of drug-likeness (QED) is 0.267. The zero-order chi connectivity index (χ0) is 7.98. The van der Waals surface area contributed by atoms with Gasteiger partial charge in [0, 0.05) is 6.08 Å². The van der Waals surface area contributed by atoms with Gasteiger partial charge in [-0.05, 0) is 34.5 Å². The van der Waals surface area contributed by atoms with E-state index in [1.807, 2.05) is 0 Å². The summed E-state index contributed by atoms with van der Waals surface area (Å²) in [5.74, 6) is -0.549.